The predicted octanol–water partition coefficient (Wildman–Crippen LogP) is 3.49. The molecule has 2 aliphatic carbocycles. The third-order valence-electron chi connectivity index (χ3n) is 3.19. The summed E-state index contributed by atoms with van der Waals surface area (Å²) in [4.78, 5) is 12.1. The molecule has 0 saturated carbocycles. The van der Waals surface area contributed by atoms with Crippen LogP contribution >= 0.6 is 0 Å². The molecule has 0 aromatic heterocycles. The number of hydrogen-bond acceptors (Lipinski definition) is 2. The zero-order chi connectivity index (χ0) is 12.8. The van der Waals surface area contributed by atoms with Gasteiger partial charge in [-0.15, -0.1) is 0 Å². The summed E-state index contributed by atoms with van der Waals surface area (Å²) in [6.45, 7) is 0. The Morgan fingerprint density at radius 2 is 2.22 bits per heavy atom. The number of allylic oxidation sites excluding steroid dienone is 9. The van der Waals surface area contributed by atoms with E-state index >= 15 is 0 Å². The summed E-state index contributed by atoms with van der Waals surface area (Å²) in [7, 11) is 1.63. The van der Waals surface area contributed by atoms with Crippen LogP contribution in [0.15, 0.2) is 59.9 Å². The van der Waals surface area contributed by atoms with Crippen molar-refractivity contribution in [3.63, 3.8) is 0 Å². The molecular weight excluding hydrogens is 224 g/mol. The number of ether oxygens (including phenoxy) is 1. The average molecular weight is 242 g/mol. The van der Waals surface area contributed by atoms with Crippen LogP contribution in [0.4, 0.5) is 0 Å². The molecule has 2 rings (SSSR count). The Labute approximate surface area is 108 Å². The van der Waals surface area contributed by atoms with Gasteiger partial charge in [-0.05, 0) is 24.8 Å². The van der Waals surface area contributed by atoms with Gasteiger partial charge in [-0.2, -0.15) is 0 Å². The second-order valence-corrected chi connectivity index (χ2v) is 4.43. The van der Waals surface area contributed by atoms with Gasteiger partial charge in [-0.1, -0.05) is 42.5 Å². The van der Waals surface area contributed by atoms with Crippen LogP contribution in [0.25, 0.3) is 0 Å². The average Bonchev–Trinajstić information content (AvgIpc) is 2.46. The van der Waals surface area contributed by atoms with E-state index < -0.39 is 0 Å². The maximum Gasteiger partial charge on any atom is 0.185 e. The van der Waals surface area contributed by atoms with Gasteiger partial charge < -0.3 is 4.74 Å². The van der Waals surface area contributed by atoms with Crippen molar-refractivity contribution in [2.24, 2.45) is 5.92 Å². The highest BCUT2D eigenvalue weighted by Crippen LogP contribution is 2.23. The molecule has 18 heavy (non-hydrogen) atoms. The lowest BCUT2D eigenvalue weighted by atomic mass is 9.95. The summed E-state index contributed by atoms with van der Waals surface area (Å²) in [5, 5.41) is 0. The molecule has 2 heteroatoms. The highest BCUT2D eigenvalue weighted by molar-refractivity contribution is 6.04. The van der Waals surface area contributed by atoms with Gasteiger partial charge in [-0.25, -0.2) is 0 Å². The normalized spacial score (nSPS) is 22.8. The van der Waals surface area contributed by atoms with E-state index in [0.717, 1.165) is 30.6 Å². The molecule has 0 bridgehead atoms. The van der Waals surface area contributed by atoms with Gasteiger partial charge in [-0.3, -0.25) is 4.79 Å². The topological polar surface area (TPSA) is 26.3 Å². The molecule has 0 heterocycles. The van der Waals surface area contributed by atoms with Crippen LogP contribution in [0, 0.1) is 5.92 Å². The summed E-state index contributed by atoms with van der Waals surface area (Å²) >= 11 is 0. The monoisotopic (exact) mass is 242 g/mol. The standard InChI is InChI=1S/C16H18O2/c1-18-16(14-10-6-3-7-11-14)12-15(17)13-8-4-2-5-9-13/h2-4,6-8,10,12,14H,5,9,11H2,1H3/b16-12-. The van der Waals surface area contributed by atoms with Crippen molar-refractivity contribution >= 4 is 5.78 Å². The van der Waals surface area contributed by atoms with Crippen LogP contribution in [0.1, 0.15) is 19.3 Å². The van der Waals surface area contributed by atoms with Crippen molar-refractivity contribution in [3.05, 3.63) is 59.9 Å². The first-order valence-corrected chi connectivity index (χ1v) is 6.30. The van der Waals surface area contributed by atoms with Gasteiger partial charge in [0.15, 0.2) is 5.78 Å². The molecule has 0 saturated heterocycles. The van der Waals surface area contributed by atoms with Gasteiger partial charge in [0.1, 0.15) is 5.76 Å². The second-order valence-electron chi connectivity index (χ2n) is 4.43. The van der Waals surface area contributed by atoms with E-state index in [-0.39, 0.29) is 11.7 Å². The van der Waals surface area contributed by atoms with Crippen LogP contribution < -0.4 is 0 Å². The molecule has 1 atom stereocenters. The lowest BCUT2D eigenvalue weighted by Crippen LogP contribution is -2.08. The smallest absolute Gasteiger partial charge is 0.185 e. The van der Waals surface area contributed by atoms with Crippen molar-refractivity contribution in [2.75, 3.05) is 7.11 Å². The van der Waals surface area contributed by atoms with Gasteiger partial charge >= 0.3 is 0 Å². The fraction of sp³-hybridized carbons (Fsp3) is 0.312. The third-order valence-corrected chi connectivity index (χ3v) is 3.19. The zero-order valence-electron chi connectivity index (χ0n) is 10.6. The van der Waals surface area contributed by atoms with E-state index in [1.807, 2.05) is 24.3 Å². The van der Waals surface area contributed by atoms with E-state index in [9.17, 15) is 4.79 Å². The van der Waals surface area contributed by atoms with Crippen LogP contribution in [-0.2, 0) is 9.53 Å². The van der Waals surface area contributed by atoms with Crippen LogP contribution in [-0.4, -0.2) is 12.9 Å². The molecule has 0 fully saturated rings. The SMILES string of the molecule is CO/C(=C\C(=O)C1=CC=CCC1)C1C=CC=CC1. The predicted molar refractivity (Wildman–Crippen MR) is 72.9 cm³/mol. The number of ketones is 1. The molecule has 2 aliphatic rings. The highest BCUT2D eigenvalue weighted by atomic mass is 16.5. The number of hydrogen-bond donors (Lipinski definition) is 0. The summed E-state index contributed by atoms with van der Waals surface area (Å²) in [6, 6.07) is 0. The molecule has 0 N–H and O–H groups in total. The lowest BCUT2D eigenvalue weighted by Gasteiger charge is -2.16. The van der Waals surface area contributed by atoms with Crippen LogP contribution in [0.5, 0.6) is 0 Å². The first-order chi connectivity index (χ1) is 8.81. The summed E-state index contributed by atoms with van der Waals surface area (Å²) in [5.41, 5.74) is 0.863. The Hall–Kier alpha value is -1.83. The Morgan fingerprint density at radius 3 is 2.83 bits per heavy atom. The summed E-state index contributed by atoms with van der Waals surface area (Å²) < 4.78 is 5.36. The fourth-order valence-electron chi connectivity index (χ4n) is 2.14. The van der Waals surface area contributed by atoms with Crippen molar-refractivity contribution in [2.45, 2.75) is 19.3 Å². The first kappa shape index (κ1) is 12.6. The van der Waals surface area contributed by atoms with Gasteiger partial charge in [0, 0.05) is 12.0 Å². The zero-order valence-corrected chi connectivity index (χ0v) is 10.6. The van der Waals surface area contributed by atoms with Crippen molar-refractivity contribution in [1.82, 2.24) is 0 Å². The third kappa shape index (κ3) is 3.10. The molecule has 94 valence electrons. The minimum absolute atomic E-state index is 0.0687. The molecular formula is C16H18O2. The van der Waals surface area contributed by atoms with Gasteiger partial charge in [0.25, 0.3) is 0 Å². The number of carbonyl (C=O) groups excluding carboxylic acids is 1. The van der Waals surface area contributed by atoms with E-state index in [1.165, 1.54) is 0 Å². The van der Waals surface area contributed by atoms with Crippen LogP contribution in [0.2, 0.25) is 0 Å². The fourth-order valence-corrected chi connectivity index (χ4v) is 2.14. The largest absolute Gasteiger partial charge is 0.500 e. The van der Waals surface area contributed by atoms with E-state index in [4.69, 9.17) is 4.74 Å². The Kier molecular flexibility index (Phi) is 4.35. The Balaban J connectivity index is 2.11. The maximum absolute atomic E-state index is 12.1. The van der Waals surface area contributed by atoms with Crippen LogP contribution in [0.3, 0.4) is 0 Å². The Bertz CT molecular complexity index is 461. The highest BCUT2D eigenvalue weighted by Gasteiger charge is 2.15. The first-order valence-electron chi connectivity index (χ1n) is 6.30. The molecule has 0 amide bonds. The quantitative estimate of drug-likeness (QED) is 0.557. The molecule has 2 nitrogen and oxygen atoms in total. The Morgan fingerprint density at radius 1 is 1.33 bits per heavy atom. The number of rotatable bonds is 4. The lowest BCUT2D eigenvalue weighted by molar-refractivity contribution is -0.111. The molecule has 0 aromatic rings. The minimum atomic E-state index is 0.0687. The summed E-state index contributed by atoms with van der Waals surface area (Å²) in [6.07, 6.45) is 18.4. The van der Waals surface area contributed by atoms with E-state index in [2.05, 4.69) is 18.2 Å². The molecule has 0 spiro atoms. The van der Waals surface area contributed by atoms with Gasteiger partial charge in [0.05, 0.1) is 7.11 Å². The molecule has 0 radical (unpaired) electrons. The number of carbonyl (C=O) groups is 1. The molecule has 1 unspecified atom stereocenters. The maximum atomic E-state index is 12.1. The second kappa shape index (κ2) is 6.20. The van der Waals surface area contributed by atoms with Gasteiger partial charge in [0.2, 0.25) is 0 Å². The van der Waals surface area contributed by atoms with E-state index in [1.54, 1.807) is 13.2 Å². The molecule has 0 aliphatic heterocycles. The van der Waals surface area contributed by atoms with Crippen molar-refractivity contribution in [3.8, 4) is 0 Å². The molecule has 0 aromatic carbocycles. The van der Waals surface area contributed by atoms with Crippen molar-refractivity contribution in [1.29, 1.82) is 0 Å². The summed E-state index contributed by atoms with van der Waals surface area (Å²) in [5.74, 6) is 0.999. The minimum Gasteiger partial charge on any atom is -0.500 e. The van der Waals surface area contributed by atoms with Crippen molar-refractivity contribution < 1.29 is 9.53 Å². The van der Waals surface area contributed by atoms with E-state index in [0.29, 0.717) is 0 Å². The number of methoxy groups -OCH3 is 1.